The zero-order valence-electron chi connectivity index (χ0n) is 19.8. The van der Waals surface area contributed by atoms with Crippen LogP contribution in [0.1, 0.15) is 29.0 Å². The van der Waals surface area contributed by atoms with Gasteiger partial charge in [-0.3, -0.25) is 4.98 Å². The second-order valence-corrected chi connectivity index (χ2v) is 11.7. The highest BCUT2D eigenvalue weighted by Gasteiger charge is 2.37. The standard InChI is InChI=1S/C26H24F3N3O3S2/c1-17-15-35-24(18-5-3-2-4-6-18)14-32(17)37(33,34)25-8-7-23(22-13-30-10-9-21(22)25)31-12-20-11-19(16-36-20)26(27,28)29/h2-11,13,16-17,24,31H,12,14-15H2,1H3/t17-,24-/m1/s1. The summed E-state index contributed by atoms with van der Waals surface area (Å²) in [5, 5.41) is 5.27. The van der Waals surface area contributed by atoms with E-state index in [0.29, 0.717) is 21.3 Å². The van der Waals surface area contributed by atoms with Crippen LogP contribution >= 0.6 is 11.3 Å². The topological polar surface area (TPSA) is 71.5 Å². The number of nitrogens with zero attached hydrogens (tertiary/aromatic N) is 2. The van der Waals surface area contributed by atoms with Gasteiger partial charge in [-0.1, -0.05) is 30.3 Å². The molecular formula is C26H24F3N3O3S2. The fourth-order valence-corrected chi connectivity index (χ4v) is 7.06. The number of anilines is 1. The number of fused-ring (bicyclic) bond motifs is 1. The first-order valence-corrected chi connectivity index (χ1v) is 13.9. The number of rotatable bonds is 6. The van der Waals surface area contributed by atoms with Crippen molar-refractivity contribution >= 4 is 37.8 Å². The van der Waals surface area contributed by atoms with Crippen molar-refractivity contribution in [3.63, 3.8) is 0 Å². The van der Waals surface area contributed by atoms with Crippen molar-refractivity contribution in [2.75, 3.05) is 18.5 Å². The van der Waals surface area contributed by atoms with Crippen LogP contribution in [0.15, 0.2) is 77.3 Å². The lowest BCUT2D eigenvalue weighted by molar-refractivity contribution is -0.137. The number of halogens is 3. The van der Waals surface area contributed by atoms with Gasteiger partial charge in [0.25, 0.3) is 0 Å². The maximum Gasteiger partial charge on any atom is 0.417 e. The van der Waals surface area contributed by atoms with Crippen LogP contribution in [0.25, 0.3) is 10.8 Å². The Morgan fingerprint density at radius 1 is 1.14 bits per heavy atom. The molecule has 0 unspecified atom stereocenters. The molecule has 0 amide bonds. The van der Waals surface area contributed by atoms with Crippen LogP contribution in [0.2, 0.25) is 0 Å². The third-order valence-electron chi connectivity index (χ3n) is 6.35. The van der Waals surface area contributed by atoms with Gasteiger partial charge in [-0.2, -0.15) is 17.5 Å². The number of benzene rings is 2. The predicted molar refractivity (Wildman–Crippen MR) is 137 cm³/mol. The maximum absolute atomic E-state index is 13.9. The van der Waals surface area contributed by atoms with Crippen molar-refractivity contribution in [2.24, 2.45) is 0 Å². The Kier molecular flexibility index (Phi) is 6.97. The molecule has 1 fully saturated rings. The van der Waals surface area contributed by atoms with Crippen LogP contribution in [0, 0.1) is 0 Å². The molecule has 0 spiro atoms. The Bertz CT molecular complexity index is 1510. The summed E-state index contributed by atoms with van der Waals surface area (Å²) in [5.41, 5.74) is 0.808. The van der Waals surface area contributed by atoms with E-state index in [9.17, 15) is 21.6 Å². The molecule has 1 N–H and O–H groups in total. The fraction of sp³-hybridized carbons (Fsp3) is 0.269. The Labute approximate surface area is 216 Å². The quantitative estimate of drug-likeness (QED) is 0.317. The molecule has 1 aliphatic rings. The Hall–Kier alpha value is -2.99. The van der Waals surface area contributed by atoms with Crippen molar-refractivity contribution in [3.05, 3.63) is 88.4 Å². The summed E-state index contributed by atoms with van der Waals surface area (Å²) in [4.78, 5) is 4.81. The van der Waals surface area contributed by atoms with Crippen LogP contribution in [-0.4, -0.2) is 36.9 Å². The summed E-state index contributed by atoms with van der Waals surface area (Å²) < 4.78 is 74.0. The molecule has 194 valence electrons. The fourth-order valence-electron chi connectivity index (χ4n) is 4.41. The number of nitrogens with one attached hydrogen (secondary N) is 1. The summed E-state index contributed by atoms with van der Waals surface area (Å²) in [6, 6.07) is 15.1. The third-order valence-corrected chi connectivity index (χ3v) is 9.32. The van der Waals surface area contributed by atoms with Gasteiger partial charge in [0, 0.05) is 58.2 Å². The molecule has 3 heterocycles. The smallest absolute Gasteiger partial charge is 0.380 e. The molecule has 2 aromatic heterocycles. The van der Waals surface area contributed by atoms with Gasteiger partial charge in [0.15, 0.2) is 0 Å². The Balaban J connectivity index is 1.44. The number of pyridine rings is 1. The van der Waals surface area contributed by atoms with Crippen molar-refractivity contribution in [1.82, 2.24) is 9.29 Å². The number of sulfonamides is 1. The molecule has 1 saturated heterocycles. The lowest BCUT2D eigenvalue weighted by Gasteiger charge is -2.37. The number of hydrogen-bond acceptors (Lipinski definition) is 6. The summed E-state index contributed by atoms with van der Waals surface area (Å²) >= 11 is 1.01. The van der Waals surface area contributed by atoms with E-state index >= 15 is 0 Å². The van der Waals surface area contributed by atoms with E-state index in [4.69, 9.17) is 4.74 Å². The van der Waals surface area contributed by atoms with Crippen LogP contribution in [-0.2, 0) is 27.5 Å². The van der Waals surface area contributed by atoms with E-state index in [1.54, 1.807) is 18.3 Å². The van der Waals surface area contributed by atoms with Gasteiger partial charge >= 0.3 is 6.18 Å². The minimum atomic E-state index is -4.39. The molecule has 5 rings (SSSR count). The zero-order valence-corrected chi connectivity index (χ0v) is 21.4. The molecule has 0 radical (unpaired) electrons. The molecule has 2 atom stereocenters. The lowest BCUT2D eigenvalue weighted by atomic mass is 10.1. The number of alkyl halides is 3. The Morgan fingerprint density at radius 3 is 2.65 bits per heavy atom. The van der Waals surface area contributed by atoms with Crippen LogP contribution in [0.4, 0.5) is 18.9 Å². The molecule has 6 nitrogen and oxygen atoms in total. The SMILES string of the molecule is C[C@@H]1CO[C@@H](c2ccccc2)CN1S(=O)(=O)c1ccc(NCc2cc(C(F)(F)F)cs2)c2cnccc12. The van der Waals surface area contributed by atoms with Crippen molar-refractivity contribution < 1.29 is 26.3 Å². The second kappa shape index (κ2) is 10.1. The van der Waals surface area contributed by atoms with Crippen LogP contribution in [0.5, 0.6) is 0 Å². The number of hydrogen-bond donors (Lipinski definition) is 1. The van der Waals surface area contributed by atoms with Gasteiger partial charge in [-0.15, -0.1) is 11.3 Å². The minimum Gasteiger partial charge on any atom is -0.380 e. The highest BCUT2D eigenvalue weighted by Crippen LogP contribution is 2.36. The molecule has 11 heteroatoms. The number of ether oxygens (including phenoxy) is 1. The first-order chi connectivity index (χ1) is 17.6. The molecule has 0 aliphatic carbocycles. The summed E-state index contributed by atoms with van der Waals surface area (Å²) in [5.74, 6) is 0. The molecule has 0 saturated carbocycles. The lowest BCUT2D eigenvalue weighted by Crippen LogP contribution is -2.48. The molecular weight excluding hydrogens is 523 g/mol. The summed E-state index contributed by atoms with van der Waals surface area (Å²) in [6.07, 6.45) is -1.69. The normalized spacial score (nSPS) is 19.2. The molecule has 4 aromatic rings. The van der Waals surface area contributed by atoms with E-state index in [1.165, 1.54) is 16.6 Å². The first kappa shape index (κ1) is 25.7. The van der Waals surface area contributed by atoms with Gasteiger partial charge in [0.2, 0.25) is 10.0 Å². The number of morpholine rings is 1. The molecule has 1 aliphatic heterocycles. The monoisotopic (exact) mass is 547 g/mol. The van der Waals surface area contributed by atoms with E-state index in [-0.39, 0.29) is 36.7 Å². The molecule has 0 bridgehead atoms. The van der Waals surface area contributed by atoms with Gasteiger partial charge in [-0.05, 0) is 36.8 Å². The van der Waals surface area contributed by atoms with E-state index in [1.807, 2.05) is 37.3 Å². The van der Waals surface area contributed by atoms with E-state index in [2.05, 4.69) is 10.3 Å². The second-order valence-electron chi connectivity index (χ2n) is 8.84. The van der Waals surface area contributed by atoms with Crippen LogP contribution < -0.4 is 5.32 Å². The Morgan fingerprint density at radius 2 is 1.92 bits per heavy atom. The average Bonchev–Trinajstić information content (AvgIpc) is 3.38. The van der Waals surface area contributed by atoms with Gasteiger partial charge in [0.05, 0.1) is 23.2 Å². The van der Waals surface area contributed by atoms with Crippen molar-refractivity contribution in [1.29, 1.82) is 0 Å². The number of aromatic nitrogens is 1. The number of thiophene rings is 1. The average molecular weight is 548 g/mol. The largest absolute Gasteiger partial charge is 0.417 e. The highest BCUT2D eigenvalue weighted by atomic mass is 32.2. The van der Waals surface area contributed by atoms with Crippen molar-refractivity contribution in [2.45, 2.75) is 36.7 Å². The third kappa shape index (κ3) is 5.22. The molecule has 37 heavy (non-hydrogen) atoms. The first-order valence-electron chi connectivity index (χ1n) is 11.6. The zero-order chi connectivity index (χ0) is 26.2. The van der Waals surface area contributed by atoms with Gasteiger partial charge < -0.3 is 10.1 Å². The van der Waals surface area contributed by atoms with Crippen LogP contribution in [0.3, 0.4) is 0 Å². The molecule has 2 aromatic carbocycles. The predicted octanol–water partition coefficient (Wildman–Crippen LogP) is 6.08. The maximum atomic E-state index is 13.9. The van der Waals surface area contributed by atoms with Crippen molar-refractivity contribution in [3.8, 4) is 0 Å². The minimum absolute atomic E-state index is 0.145. The van der Waals surface area contributed by atoms with Gasteiger partial charge in [0.1, 0.15) is 0 Å². The van der Waals surface area contributed by atoms with E-state index in [0.717, 1.165) is 28.3 Å². The van der Waals surface area contributed by atoms with E-state index < -0.39 is 21.8 Å². The highest BCUT2D eigenvalue weighted by molar-refractivity contribution is 7.89. The summed E-state index contributed by atoms with van der Waals surface area (Å²) in [6.45, 7) is 2.42. The van der Waals surface area contributed by atoms with Gasteiger partial charge in [-0.25, -0.2) is 8.42 Å². The summed E-state index contributed by atoms with van der Waals surface area (Å²) in [7, 11) is -3.90.